The third kappa shape index (κ3) is 5.09. The number of carbonyl (C=O) groups is 1. The zero-order valence-electron chi connectivity index (χ0n) is 16.8. The van der Waals surface area contributed by atoms with Crippen LogP contribution in [0.2, 0.25) is 0 Å². The smallest absolute Gasteiger partial charge is 0.251 e. The van der Waals surface area contributed by atoms with Crippen LogP contribution in [0, 0.1) is 11.3 Å². The number of hydrogen-bond acceptors (Lipinski definition) is 5. The topological polar surface area (TPSA) is 80.6 Å². The number of nitrogens with zero attached hydrogens (tertiary/aromatic N) is 1. The Morgan fingerprint density at radius 1 is 0.933 bits per heavy atom. The molecular weight excluding hydrogens is 380 g/mol. The van der Waals surface area contributed by atoms with Gasteiger partial charge in [0, 0.05) is 23.2 Å². The predicted octanol–water partition coefficient (Wildman–Crippen LogP) is 4.08. The van der Waals surface area contributed by atoms with Gasteiger partial charge in [-0.3, -0.25) is 4.79 Å². The van der Waals surface area contributed by atoms with Crippen molar-refractivity contribution in [3.63, 3.8) is 0 Å². The summed E-state index contributed by atoms with van der Waals surface area (Å²) in [5.74, 6) is 1.68. The first-order valence-electron chi connectivity index (χ1n) is 9.34. The molecule has 3 rings (SSSR count). The molecule has 0 spiro atoms. The highest BCUT2D eigenvalue weighted by Crippen LogP contribution is 2.24. The summed E-state index contributed by atoms with van der Waals surface area (Å²) in [5, 5.41) is 12.1. The van der Waals surface area contributed by atoms with Gasteiger partial charge in [0.05, 0.1) is 25.9 Å². The molecule has 0 aliphatic carbocycles. The number of nitriles is 1. The van der Waals surface area contributed by atoms with Gasteiger partial charge >= 0.3 is 0 Å². The maximum absolute atomic E-state index is 12.6. The zero-order valence-corrected chi connectivity index (χ0v) is 16.8. The van der Waals surface area contributed by atoms with Crippen molar-refractivity contribution < 1.29 is 19.0 Å². The molecule has 0 heterocycles. The largest absolute Gasteiger partial charge is 0.497 e. The van der Waals surface area contributed by atoms with E-state index in [0.29, 0.717) is 34.9 Å². The molecule has 0 saturated heterocycles. The molecule has 0 bridgehead atoms. The number of ether oxygens (including phenoxy) is 3. The lowest BCUT2D eigenvalue weighted by atomic mass is 10.1. The van der Waals surface area contributed by atoms with E-state index in [1.165, 1.54) is 0 Å². The van der Waals surface area contributed by atoms with Crippen molar-refractivity contribution in [2.45, 2.75) is 13.2 Å². The van der Waals surface area contributed by atoms with Gasteiger partial charge in [0.25, 0.3) is 5.91 Å². The molecule has 1 amide bonds. The molecule has 0 radical (unpaired) electrons. The van der Waals surface area contributed by atoms with Crippen molar-refractivity contribution in [2.24, 2.45) is 0 Å². The molecule has 6 nitrogen and oxygen atoms in total. The Kier molecular flexibility index (Phi) is 6.91. The second-order valence-electron chi connectivity index (χ2n) is 6.45. The first kappa shape index (κ1) is 20.7. The minimum atomic E-state index is -0.234. The highest BCUT2D eigenvalue weighted by Gasteiger charge is 2.10. The monoisotopic (exact) mass is 402 g/mol. The maximum atomic E-state index is 12.6. The Morgan fingerprint density at radius 2 is 1.77 bits per heavy atom. The normalized spacial score (nSPS) is 10.0. The minimum Gasteiger partial charge on any atom is -0.497 e. The summed E-state index contributed by atoms with van der Waals surface area (Å²) in [6.07, 6.45) is 0. The standard InChI is InChI=1S/C24H22N2O4/c1-28-21-10-11-23(29-2)20(13-21)15-26-24(27)17-8-5-9-22(12-17)30-16-19-7-4-3-6-18(19)14-25/h3-13H,15-16H2,1-2H3,(H,26,27). The van der Waals surface area contributed by atoms with E-state index < -0.39 is 0 Å². The third-order valence-electron chi connectivity index (χ3n) is 4.56. The van der Waals surface area contributed by atoms with E-state index in [0.717, 1.165) is 11.1 Å². The average molecular weight is 402 g/mol. The lowest BCUT2D eigenvalue weighted by molar-refractivity contribution is 0.0950. The molecule has 0 unspecified atom stereocenters. The van der Waals surface area contributed by atoms with Crippen molar-refractivity contribution in [1.29, 1.82) is 5.26 Å². The summed E-state index contributed by atoms with van der Waals surface area (Å²) in [6.45, 7) is 0.537. The quantitative estimate of drug-likeness (QED) is 0.614. The van der Waals surface area contributed by atoms with Crippen LogP contribution in [0.3, 0.4) is 0 Å². The average Bonchev–Trinajstić information content (AvgIpc) is 2.81. The molecule has 0 aliphatic heterocycles. The summed E-state index contributed by atoms with van der Waals surface area (Å²) in [4.78, 5) is 12.6. The van der Waals surface area contributed by atoms with Gasteiger partial charge in [-0.25, -0.2) is 0 Å². The summed E-state index contributed by atoms with van der Waals surface area (Å²) in [5.41, 5.74) is 2.65. The molecule has 0 aromatic heterocycles. The van der Waals surface area contributed by atoms with Crippen LogP contribution in [-0.4, -0.2) is 20.1 Å². The SMILES string of the molecule is COc1ccc(OC)c(CNC(=O)c2cccc(OCc3ccccc3C#N)c2)c1. The summed E-state index contributed by atoms with van der Waals surface area (Å²) < 4.78 is 16.4. The van der Waals surface area contributed by atoms with Crippen molar-refractivity contribution in [3.8, 4) is 23.3 Å². The van der Waals surface area contributed by atoms with Crippen LogP contribution in [-0.2, 0) is 13.2 Å². The fourth-order valence-corrected chi connectivity index (χ4v) is 2.94. The van der Waals surface area contributed by atoms with Crippen LogP contribution >= 0.6 is 0 Å². The van der Waals surface area contributed by atoms with Crippen molar-refractivity contribution >= 4 is 5.91 Å². The first-order chi connectivity index (χ1) is 14.6. The molecule has 152 valence electrons. The Hall–Kier alpha value is -3.98. The van der Waals surface area contributed by atoms with Gasteiger partial charge in [-0.2, -0.15) is 5.26 Å². The third-order valence-corrected chi connectivity index (χ3v) is 4.56. The van der Waals surface area contributed by atoms with Crippen LogP contribution in [0.4, 0.5) is 0 Å². The van der Waals surface area contributed by atoms with Crippen LogP contribution in [0.5, 0.6) is 17.2 Å². The van der Waals surface area contributed by atoms with Gasteiger partial charge in [-0.05, 0) is 42.5 Å². The molecule has 0 aliphatic rings. The van der Waals surface area contributed by atoms with Crippen LogP contribution in [0.25, 0.3) is 0 Å². The molecule has 0 fully saturated rings. The summed E-state index contributed by atoms with van der Waals surface area (Å²) >= 11 is 0. The number of nitrogens with one attached hydrogen (secondary N) is 1. The van der Waals surface area contributed by atoms with E-state index in [4.69, 9.17) is 14.2 Å². The molecular formula is C24H22N2O4. The minimum absolute atomic E-state index is 0.234. The maximum Gasteiger partial charge on any atom is 0.251 e. The Morgan fingerprint density at radius 3 is 2.53 bits per heavy atom. The Bertz CT molecular complexity index is 1070. The van der Waals surface area contributed by atoms with Crippen molar-refractivity contribution in [3.05, 3.63) is 89.0 Å². The molecule has 0 saturated carbocycles. The lowest BCUT2D eigenvalue weighted by Crippen LogP contribution is -2.23. The molecule has 1 N–H and O–H groups in total. The van der Waals surface area contributed by atoms with Crippen molar-refractivity contribution in [2.75, 3.05) is 14.2 Å². The predicted molar refractivity (Wildman–Crippen MR) is 113 cm³/mol. The van der Waals surface area contributed by atoms with Crippen molar-refractivity contribution in [1.82, 2.24) is 5.32 Å². The van der Waals surface area contributed by atoms with Gasteiger partial charge in [-0.15, -0.1) is 0 Å². The highest BCUT2D eigenvalue weighted by molar-refractivity contribution is 5.94. The second-order valence-corrected chi connectivity index (χ2v) is 6.45. The van der Waals surface area contributed by atoms with Crippen LogP contribution in [0.15, 0.2) is 66.7 Å². The van der Waals surface area contributed by atoms with E-state index in [1.54, 1.807) is 56.7 Å². The van der Waals surface area contributed by atoms with E-state index in [1.807, 2.05) is 24.3 Å². The number of rotatable bonds is 8. The zero-order chi connectivity index (χ0) is 21.3. The van der Waals surface area contributed by atoms with E-state index >= 15 is 0 Å². The van der Waals surface area contributed by atoms with Gasteiger partial charge < -0.3 is 19.5 Å². The molecule has 0 atom stereocenters. The van der Waals surface area contributed by atoms with Crippen LogP contribution < -0.4 is 19.5 Å². The Balaban J connectivity index is 1.66. The van der Waals surface area contributed by atoms with E-state index in [9.17, 15) is 10.1 Å². The molecule has 30 heavy (non-hydrogen) atoms. The molecule has 3 aromatic rings. The Labute approximate surface area is 175 Å². The number of benzene rings is 3. The summed E-state index contributed by atoms with van der Waals surface area (Å²) in [7, 11) is 3.17. The van der Waals surface area contributed by atoms with E-state index in [2.05, 4.69) is 11.4 Å². The summed E-state index contributed by atoms with van der Waals surface area (Å²) in [6, 6.07) is 21.8. The van der Waals surface area contributed by atoms with Gasteiger partial charge in [-0.1, -0.05) is 24.3 Å². The fourth-order valence-electron chi connectivity index (χ4n) is 2.94. The van der Waals surface area contributed by atoms with Gasteiger partial charge in [0.15, 0.2) is 0 Å². The fraction of sp³-hybridized carbons (Fsp3) is 0.167. The highest BCUT2D eigenvalue weighted by atomic mass is 16.5. The second kappa shape index (κ2) is 9.99. The number of hydrogen-bond donors (Lipinski definition) is 1. The molecule has 6 heteroatoms. The lowest BCUT2D eigenvalue weighted by Gasteiger charge is -2.12. The molecule has 3 aromatic carbocycles. The van der Waals surface area contributed by atoms with Crippen LogP contribution in [0.1, 0.15) is 27.0 Å². The number of amides is 1. The first-order valence-corrected chi connectivity index (χ1v) is 9.34. The van der Waals surface area contributed by atoms with Gasteiger partial charge in [0.1, 0.15) is 23.9 Å². The van der Waals surface area contributed by atoms with Gasteiger partial charge in [0.2, 0.25) is 0 Å². The number of methoxy groups -OCH3 is 2. The number of carbonyl (C=O) groups excluding carboxylic acids is 1. The van der Waals surface area contributed by atoms with E-state index in [-0.39, 0.29) is 12.5 Å².